The molecular formula is C19H26BrN5S. The molecule has 1 aromatic heterocycles. The van der Waals surface area contributed by atoms with Crippen LogP contribution in [0.5, 0.6) is 0 Å². The molecule has 1 unspecified atom stereocenters. The standard InChI is InChI=1S/C19H26BrN5S/c1-14-23-17(13-26-14)12-24(3)19(21-2)22-10-15-7-8-25(11-15)18-6-4-5-16(20)9-18/h4-6,9,13,15H,7-8,10-12H2,1-3H3,(H,21,22). The van der Waals surface area contributed by atoms with E-state index in [1.54, 1.807) is 11.3 Å². The number of rotatable bonds is 5. The molecular weight excluding hydrogens is 410 g/mol. The smallest absolute Gasteiger partial charge is 0.193 e. The van der Waals surface area contributed by atoms with Gasteiger partial charge in [-0.2, -0.15) is 0 Å². The van der Waals surface area contributed by atoms with Crippen molar-refractivity contribution in [2.45, 2.75) is 19.9 Å². The summed E-state index contributed by atoms with van der Waals surface area (Å²) in [5.74, 6) is 1.55. The van der Waals surface area contributed by atoms with E-state index >= 15 is 0 Å². The van der Waals surface area contributed by atoms with Crippen LogP contribution in [-0.4, -0.2) is 49.6 Å². The summed E-state index contributed by atoms with van der Waals surface area (Å²) < 4.78 is 1.14. The van der Waals surface area contributed by atoms with Gasteiger partial charge in [0.15, 0.2) is 5.96 Å². The van der Waals surface area contributed by atoms with Gasteiger partial charge in [-0.05, 0) is 37.5 Å². The van der Waals surface area contributed by atoms with Gasteiger partial charge >= 0.3 is 0 Å². The zero-order valence-corrected chi connectivity index (χ0v) is 18.0. The molecule has 7 heteroatoms. The Labute approximate surface area is 168 Å². The summed E-state index contributed by atoms with van der Waals surface area (Å²) in [5.41, 5.74) is 2.39. The lowest BCUT2D eigenvalue weighted by Crippen LogP contribution is -2.41. The second-order valence-electron chi connectivity index (χ2n) is 6.72. The number of nitrogens with zero attached hydrogens (tertiary/aromatic N) is 4. The second kappa shape index (κ2) is 8.86. The van der Waals surface area contributed by atoms with Crippen LogP contribution < -0.4 is 10.2 Å². The third-order valence-corrected chi connectivity index (χ3v) is 5.96. The summed E-state index contributed by atoms with van der Waals surface area (Å²) in [5, 5.41) is 6.76. The van der Waals surface area contributed by atoms with Gasteiger partial charge in [-0.1, -0.05) is 22.0 Å². The van der Waals surface area contributed by atoms with Gasteiger partial charge in [0, 0.05) is 49.3 Å². The normalized spacial score (nSPS) is 17.6. The summed E-state index contributed by atoms with van der Waals surface area (Å²) in [6.07, 6.45) is 1.20. The number of thiazole rings is 1. The average molecular weight is 436 g/mol. The van der Waals surface area contributed by atoms with Crippen molar-refractivity contribution in [1.82, 2.24) is 15.2 Å². The highest BCUT2D eigenvalue weighted by molar-refractivity contribution is 9.10. The monoisotopic (exact) mass is 435 g/mol. The largest absolute Gasteiger partial charge is 0.371 e. The molecule has 2 aromatic rings. The van der Waals surface area contributed by atoms with Crippen LogP contribution in [0.1, 0.15) is 17.1 Å². The molecule has 1 aliphatic heterocycles. The van der Waals surface area contributed by atoms with Crippen molar-refractivity contribution in [3.05, 3.63) is 44.8 Å². The molecule has 26 heavy (non-hydrogen) atoms. The predicted molar refractivity (Wildman–Crippen MR) is 114 cm³/mol. The van der Waals surface area contributed by atoms with Crippen LogP contribution in [0.2, 0.25) is 0 Å². The molecule has 5 nitrogen and oxygen atoms in total. The third-order valence-electron chi connectivity index (χ3n) is 4.65. The van der Waals surface area contributed by atoms with Crippen LogP contribution in [0.25, 0.3) is 0 Å². The van der Waals surface area contributed by atoms with E-state index in [1.165, 1.54) is 12.1 Å². The van der Waals surface area contributed by atoms with Crippen molar-refractivity contribution in [3.8, 4) is 0 Å². The highest BCUT2D eigenvalue weighted by Gasteiger charge is 2.23. The first-order valence-corrected chi connectivity index (χ1v) is 10.6. The molecule has 2 heterocycles. The molecule has 0 amide bonds. The molecule has 140 valence electrons. The summed E-state index contributed by atoms with van der Waals surface area (Å²) in [4.78, 5) is 13.6. The molecule has 0 aliphatic carbocycles. The minimum absolute atomic E-state index is 0.626. The lowest BCUT2D eigenvalue weighted by molar-refractivity contribution is 0.458. The van der Waals surface area contributed by atoms with E-state index in [2.05, 4.69) is 77.7 Å². The Morgan fingerprint density at radius 2 is 2.35 bits per heavy atom. The number of nitrogens with one attached hydrogen (secondary N) is 1. The number of guanidine groups is 1. The molecule has 1 atom stereocenters. The Balaban J connectivity index is 1.50. The maximum Gasteiger partial charge on any atom is 0.193 e. The van der Waals surface area contributed by atoms with Crippen molar-refractivity contribution >= 4 is 38.9 Å². The van der Waals surface area contributed by atoms with Crippen LogP contribution in [0.3, 0.4) is 0 Å². The first kappa shape index (κ1) is 19.2. The van der Waals surface area contributed by atoms with Gasteiger partial charge in [0.25, 0.3) is 0 Å². The second-order valence-corrected chi connectivity index (χ2v) is 8.70. The van der Waals surface area contributed by atoms with Crippen LogP contribution in [-0.2, 0) is 6.54 Å². The van der Waals surface area contributed by atoms with E-state index in [0.717, 1.165) is 47.3 Å². The molecule has 1 fully saturated rings. The fraction of sp³-hybridized carbons (Fsp3) is 0.474. The molecule has 3 rings (SSSR count). The number of hydrogen-bond acceptors (Lipinski definition) is 4. The number of anilines is 1. The fourth-order valence-corrected chi connectivity index (χ4v) is 4.32. The number of benzene rings is 1. The zero-order valence-electron chi connectivity index (χ0n) is 15.6. The zero-order chi connectivity index (χ0) is 18.5. The highest BCUT2D eigenvalue weighted by Crippen LogP contribution is 2.26. The van der Waals surface area contributed by atoms with Crippen LogP contribution in [0.15, 0.2) is 39.1 Å². The molecule has 0 saturated carbocycles. The average Bonchev–Trinajstić information content (AvgIpc) is 3.24. The number of aryl methyl sites for hydroxylation is 1. The van der Waals surface area contributed by atoms with Crippen molar-refractivity contribution in [3.63, 3.8) is 0 Å². The van der Waals surface area contributed by atoms with E-state index in [4.69, 9.17) is 0 Å². The molecule has 1 N–H and O–H groups in total. The van der Waals surface area contributed by atoms with Gasteiger partial charge in [-0.3, -0.25) is 4.99 Å². The van der Waals surface area contributed by atoms with Crippen LogP contribution in [0, 0.1) is 12.8 Å². The summed E-state index contributed by atoms with van der Waals surface area (Å²) >= 11 is 5.26. The van der Waals surface area contributed by atoms with Gasteiger partial charge in [0.2, 0.25) is 0 Å². The first-order valence-electron chi connectivity index (χ1n) is 8.88. The number of halogens is 1. The molecule has 0 radical (unpaired) electrons. The Kier molecular flexibility index (Phi) is 6.53. The topological polar surface area (TPSA) is 43.8 Å². The molecule has 1 saturated heterocycles. The van der Waals surface area contributed by atoms with Crippen molar-refractivity contribution in [2.24, 2.45) is 10.9 Å². The molecule has 0 bridgehead atoms. The van der Waals surface area contributed by atoms with Crippen molar-refractivity contribution in [1.29, 1.82) is 0 Å². The maximum absolute atomic E-state index is 4.54. The lowest BCUT2D eigenvalue weighted by Gasteiger charge is -2.23. The van der Waals surface area contributed by atoms with Gasteiger partial charge < -0.3 is 15.1 Å². The quantitative estimate of drug-likeness (QED) is 0.573. The highest BCUT2D eigenvalue weighted by atomic mass is 79.9. The molecule has 1 aromatic carbocycles. The first-order chi connectivity index (χ1) is 12.5. The SMILES string of the molecule is CN=C(NCC1CCN(c2cccc(Br)c2)C1)N(C)Cc1csc(C)n1. The number of aliphatic imine (C=N–C) groups is 1. The minimum Gasteiger partial charge on any atom is -0.371 e. The van der Waals surface area contributed by atoms with Gasteiger partial charge in [0.05, 0.1) is 17.2 Å². The number of hydrogen-bond donors (Lipinski definition) is 1. The molecule has 0 spiro atoms. The maximum atomic E-state index is 4.54. The Morgan fingerprint density at radius 3 is 3.04 bits per heavy atom. The van der Waals surface area contributed by atoms with Gasteiger partial charge in [-0.15, -0.1) is 11.3 Å². The molecule has 1 aliphatic rings. The number of aromatic nitrogens is 1. The van der Waals surface area contributed by atoms with Crippen LogP contribution >= 0.6 is 27.3 Å². The van der Waals surface area contributed by atoms with Crippen molar-refractivity contribution in [2.75, 3.05) is 38.6 Å². The summed E-state index contributed by atoms with van der Waals surface area (Å²) in [6.45, 7) is 5.94. The predicted octanol–water partition coefficient (Wildman–Crippen LogP) is 3.75. The summed E-state index contributed by atoms with van der Waals surface area (Å²) in [7, 11) is 3.90. The lowest BCUT2D eigenvalue weighted by atomic mass is 10.1. The van der Waals surface area contributed by atoms with E-state index in [-0.39, 0.29) is 0 Å². The third kappa shape index (κ3) is 4.98. The van der Waals surface area contributed by atoms with Gasteiger partial charge in [-0.25, -0.2) is 4.98 Å². The van der Waals surface area contributed by atoms with E-state index in [0.29, 0.717) is 5.92 Å². The minimum atomic E-state index is 0.626. The van der Waals surface area contributed by atoms with Crippen molar-refractivity contribution < 1.29 is 0 Å². The van der Waals surface area contributed by atoms with Crippen LogP contribution in [0.4, 0.5) is 5.69 Å². The van der Waals surface area contributed by atoms with Gasteiger partial charge in [0.1, 0.15) is 0 Å². The van der Waals surface area contributed by atoms with E-state index in [1.807, 2.05) is 14.0 Å². The van der Waals surface area contributed by atoms with E-state index in [9.17, 15) is 0 Å². The van der Waals surface area contributed by atoms with E-state index < -0.39 is 0 Å². The fourth-order valence-electron chi connectivity index (χ4n) is 3.33. The summed E-state index contributed by atoms with van der Waals surface area (Å²) in [6, 6.07) is 8.55. The Hall–Kier alpha value is -1.60. The Morgan fingerprint density at radius 1 is 1.50 bits per heavy atom. The Bertz CT molecular complexity index is 760.